The van der Waals surface area contributed by atoms with Crippen LogP contribution in [-0.4, -0.2) is 77.6 Å². The molecule has 0 heterocycles. The van der Waals surface area contributed by atoms with Crippen molar-refractivity contribution in [1.29, 1.82) is 0 Å². The Labute approximate surface area is 122 Å². The number of carbonyl (C=O) groups excluding carboxylic acids is 1. The van der Waals surface area contributed by atoms with Crippen LogP contribution in [0.25, 0.3) is 0 Å². The average Bonchev–Trinajstić information content (AvgIpc) is 2.36. The topological polar surface area (TPSA) is 136 Å². The Morgan fingerprint density at radius 1 is 1.29 bits per heavy atom. The standard InChI is InChI=1S/C12H22N2O7/c1-14(6-8(15)7-21-2)12(20)13-9(11(18)19)4-3-5-10(16)17/h8-9,15H,3-7H2,1-2H3,(H,13,20)(H,16,17)(H,18,19)/t8?,9-/m1/s1. The van der Waals surface area contributed by atoms with Gasteiger partial charge in [-0.25, -0.2) is 9.59 Å². The zero-order valence-corrected chi connectivity index (χ0v) is 12.1. The summed E-state index contributed by atoms with van der Waals surface area (Å²) in [6.45, 7) is 0.0414. The van der Waals surface area contributed by atoms with Crippen LogP contribution in [-0.2, 0) is 14.3 Å². The second-order valence-corrected chi connectivity index (χ2v) is 4.62. The third-order valence-electron chi connectivity index (χ3n) is 2.67. The van der Waals surface area contributed by atoms with Crippen molar-refractivity contribution in [2.24, 2.45) is 0 Å². The number of nitrogens with zero attached hydrogens (tertiary/aromatic N) is 1. The number of nitrogens with one attached hydrogen (secondary N) is 1. The van der Waals surface area contributed by atoms with E-state index in [1.165, 1.54) is 14.2 Å². The summed E-state index contributed by atoms with van der Waals surface area (Å²) < 4.78 is 4.72. The van der Waals surface area contributed by atoms with E-state index in [0.717, 1.165) is 4.90 Å². The van der Waals surface area contributed by atoms with Gasteiger partial charge in [-0.1, -0.05) is 0 Å². The van der Waals surface area contributed by atoms with Gasteiger partial charge >= 0.3 is 18.0 Å². The number of aliphatic hydroxyl groups is 1. The summed E-state index contributed by atoms with van der Waals surface area (Å²) in [4.78, 5) is 34.3. The van der Waals surface area contributed by atoms with Crippen molar-refractivity contribution in [3.05, 3.63) is 0 Å². The second-order valence-electron chi connectivity index (χ2n) is 4.62. The summed E-state index contributed by atoms with van der Waals surface area (Å²) in [5, 5.41) is 29.3. The minimum Gasteiger partial charge on any atom is -0.481 e. The molecular weight excluding hydrogens is 284 g/mol. The molecule has 0 aliphatic heterocycles. The maximum atomic E-state index is 11.8. The van der Waals surface area contributed by atoms with Gasteiger partial charge in [-0.2, -0.15) is 0 Å². The molecule has 0 bridgehead atoms. The maximum absolute atomic E-state index is 11.8. The Kier molecular flexibility index (Phi) is 9.06. The zero-order valence-electron chi connectivity index (χ0n) is 12.1. The van der Waals surface area contributed by atoms with Gasteiger partial charge in [-0.15, -0.1) is 0 Å². The average molecular weight is 306 g/mol. The van der Waals surface area contributed by atoms with Gasteiger partial charge in [0.05, 0.1) is 19.3 Å². The molecule has 0 aromatic carbocycles. The van der Waals surface area contributed by atoms with Crippen molar-refractivity contribution in [3.63, 3.8) is 0 Å². The van der Waals surface area contributed by atoms with E-state index in [-0.39, 0.29) is 32.4 Å². The second kappa shape index (κ2) is 9.94. The summed E-state index contributed by atoms with van der Waals surface area (Å²) in [7, 11) is 2.82. The SMILES string of the molecule is COCC(O)CN(C)C(=O)N[C@H](CCCC(=O)O)C(=O)O. The molecule has 0 aromatic rings. The number of rotatable bonds is 10. The first kappa shape index (κ1) is 19.1. The molecule has 0 aliphatic rings. The summed E-state index contributed by atoms with van der Waals surface area (Å²) in [6.07, 6.45) is -0.882. The van der Waals surface area contributed by atoms with Crippen molar-refractivity contribution in [2.75, 3.05) is 27.3 Å². The highest BCUT2D eigenvalue weighted by molar-refractivity contribution is 5.82. The molecular formula is C12H22N2O7. The molecule has 0 aromatic heterocycles. The van der Waals surface area contributed by atoms with Crippen LogP contribution in [0.2, 0.25) is 0 Å². The predicted molar refractivity (Wildman–Crippen MR) is 72.0 cm³/mol. The normalized spacial score (nSPS) is 13.3. The van der Waals surface area contributed by atoms with Crippen molar-refractivity contribution in [3.8, 4) is 0 Å². The number of aliphatic hydroxyl groups excluding tert-OH is 1. The van der Waals surface area contributed by atoms with Gasteiger partial charge in [-0.05, 0) is 12.8 Å². The number of aliphatic carboxylic acids is 2. The Bertz CT molecular complexity index is 362. The highest BCUT2D eigenvalue weighted by atomic mass is 16.5. The largest absolute Gasteiger partial charge is 0.481 e. The first-order valence-electron chi connectivity index (χ1n) is 6.41. The van der Waals surface area contributed by atoms with Gasteiger partial charge in [0.25, 0.3) is 0 Å². The number of urea groups is 1. The fourth-order valence-electron chi connectivity index (χ4n) is 1.62. The number of hydrogen-bond donors (Lipinski definition) is 4. The van der Waals surface area contributed by atoms with Gasteiger partial charge in [0.2, 0.25) is 0 Å². The third-order valence-corrected chi connectivity index (χ3v) is 2.67. The Balaban J connectivity index is 4.32. The van der Waals surface area contributed by atoms with Crippen LogP contribution < -0.4 is 5.32 Å². The first-order chi connectivity index (χ1) is 9.77. The van der Waals surface area contributed by atoms with E-state index in [2.05, 4.69) is 5.32 Å². The molecule has 0 fully saturated rings. The van der Waals surface area contributed by atoms with E-state index in [1.54, 1.807) is 0 Å². The lowest BCUT2D eigenvalue weighted by atomic mass is 10.1. The van der Waals surface area contributed by atoms with Gasteiger partial charge in [0.15, 0.2) is 0 Å². The molecule has 0 saturated heterocycles. The predicted octanol–water partition coefficient (Wildman–Crippen LogP) is -0.657. The molecule has 0 saturated carbocycles. The summed E-state index contributed by atoms with van der Waals surface area (Å²) in [5.41, 5.74) is 0. The van der Waals surface area contributed by atoms with Gasteiger partial charge in [-0.3, -0.25) is 4.79 Å². The van der Waals surface area contributed by atoms with Crippen molar-refractivity contribution < 1.29 is 34.4 Å². The fraction of sp³-hybridized carbons (Fsp3) is 0.750. The number of carboxylic acid groups (broad SMARTS) is 2. The van der Waals surface area contributed by atoms with Crippen LogP contribution >= 0.6 is 0 Å². The molecule has 0 spiro atoms. The van der Waals surface area contributed by atoms with Gasteiger partial charge in [0, 0.05) is 20.6 Å². The zero-order chi connectivity index (χ0) is 16.4. The maximum Gasteiger partial charge on any atom is 0.326 e. The third kappa shape index (κ3) is 8.82. The van der Waals surface area contributed by atoms with Crippen molar-refractivity contribution >= 4 is 18.0 Å². The molecule has 4 N–H and O–H groups in total. The molecule has 21 heavy (non-hydrogen) atoms. The number of methoxy groups -OCH3 is 1. The molecule has 2 atom stereocenters. The van der Waals surface area contributed by atoms with Gasteiger partial charge < -0.3 is 30.3 Å². The van der Waals surface area contributed by atoms with Crippen molar-refractivity contribution in [2.45, 2.75) is 31.4 Å². The van der Waals surface area contributed by atoms with Crippen molar-refractivity contribution in [1.82, 2.24) is 10.2 Å². The van der Waals surface area contributed by atoms with E-state index in [0.29, 0.717) is 0 Å². The van der Waals surface area contributed by atoms with Gasteiger partial charge in [0.1, 0.15) is 6.04 Å². The number of carboxylic acids is 2. The lowest BCUT2D eigenvalue weighted by Gasteiger charge is -2.23. The van der Waals surface area contributed by atoms with Crippen LogP contribution in [0.5, 0.6) is 0 Å². The highest BCUT2D eigenvalue weighted by Gasteiger charge is 2.22. The number of amides is 2. The Morgan fingerprint density at radius 2 is 1.90 bits per heavy atom. The van der Waals surface area contributed by atoms with Crippen LogP contribution in [0.4, 0.5) is 4.79 Å². The summed E-state index contributed by atoms with van der Waals surface area (Å²) in [6, 6.07) is -1.83. The lowest BCUT2D eigenvalue weighted by Crippen LogP contribution is -2.48. The number of likely N-dealkylation sites (N-methyl/N-ethyl adjacent to an activating group) is 1. The highest BCUT2D eigenvalue weighted by Crippen LogP contribution is 2.03. The summed E-state index contributed by atoms with van der Waals surface area (Å²) >= 11 is 0. The quantitative estimate of drug-likeness (QED) is 0.420. The summed E-state index contributed by atoms with van der Waals surface area (Å²) in [5.74, 6) is -2.26. The minimum atomic E-state index is -1.24. The number of hydrogen-bond acceptors (Lipinski definition) is 5. The van der Waals surface area contributed by atoms with E-state index < -0.39 is 30.1 Å². The molecule has 0 radical (unpaired) electrons. The van der Waals surface area contributed by atoms with E-state index in [1.807, 2.05) is 0 Å². The Hall–Kier alpha value is -1.87. The molecule has 0 aliphatic carbocycles. The monoisotopic (exact) mass is 306 g/mol. The molecule has 9 heteroatoms. The van der Waals surface area contributed by atoms with Crippen LogP contribution in [0, 0.1) is 0 Å². The van der Waals surface area contributed by atoms with E-state index >= 15 is 0 Å². The molecule has 2 amide bonds. The fourth-order valence-corrected chi connectivity index (χ4v) is 1.62. The smallest absolute Gasteiger partial charge is 0.326 e. The molecule has 122 valence electrons. The van der Waals surface area contributed by atoms with Crippen LogP contribution in [0.15, 0.2) is 0 Å². The van der Waals surface area contributed by atoms with E-state index in [4.69, 9.17) is 14.9 Å². The van der Waals surface area contributed by atoms with Crippen LogP contribution in [0.3, 0.4) is 0 Å². The molecule has 0 rings (SSSR count). The first-order valence-corrected chi connectivity index (χ1v) is 6.41. The number of carbonyl (C=O) groups is 3. The lowest BCUT2D eigenvalue weighted by molar-refractivity contribution is -0.140. The Morgan fingerprint density at radius 3 is 2.38 bits per heavy atom. The van der Waals surface area contributed by atoms with E-state index in [9.17, 15) is 19.5 Å². The minimum absolute atomic E-state index is 0.0128. The van der Waals surface area contributed by atoms with Crippen LogP contribution in [0.1, 0.15) is 19.3 Å². The molecule has 9 nitrogen and oxygen atoms in total. The molecule has 1 unspecified atom stereocenters. The number of ether oxygens (including phenoxy) is 1.